The van der Waals surface area contributed by atoms with Crippen molar-refractivity contribution in [3.8, 4) is 0 Å². The molecule has 14 heavy (non-hydrogen) atoms. The number of hydrogen-bond acceptors (Lipinski definition) is 5. The van der Waals surface area contributed by atoms with Crippen LogP contribution in [0.15, 0.2) is 0 Å². The summed E-state index contributed by atoms with van der Waals surface area (Å²) in [7, 11) is 0. The van der Waals surface area contributed by atoms with Crippen molar-refractivity contribution < 1.29 is 14.8 Å². The molecule has 0 aromatic heterocycles. The highest BCUT2D eigenvalue weighted by Gasteiger charge is 2.39. The molecule has 0 aromatic carbocycles. The Kier molecular flexibility index (Phi) is 4.97. The predicted molar refractivity (Wildman–Crippen MR) is 53.8 cm³/mol. The summed E-state index contributed by atoms with van der Waals surface area (Å²) in [6.45, 7) is 8.07. The van der Waals surface area contributed by atoms with Crippen molar-refractivity contribution >= 4 is 0 Å². The molecule has 0 aromatic rings. The van der Waals surface area contributed by atoms with Crippen LogP contribution in [0, 0.1) is 10.8 Å². The van der Waals surface area contributed by atoms with Crippen molar-refractivity contribution in [3.63, 3.8) is 0 Å². The quantitative estimate of drug-likeness (QED) is 0.539. The van der Waals surface area contributed by atoms with Crippen LogP contribution in [0.3, 0.4) is 0 Å². The van der Waals surface area contributed by atoms with Gasteiger partial charge in [0.25, 0.3) is 0 Å². The van der Waals surface area contributed by atoms with Gasteiger partial charge in [0, 0.05) is 10.8 Å². The molecule has 0 aliphatic rings. The van der Waals surface area contributed by atoms with E-state index in [9.17, 15) is 5.11 Å². The van der Waals surface area contributed by atoms with Gasteiger partial charge in [-0.15, -0.1) is 0 Å². The van der Waals surface area contributed by atoms with Crippen LogP contribution in [-0.4, -0.2) is 24.4 Å². The Labute approximate surface area is 85.3 Å². The summed E-state index contributed by atoms with van der Waals surface area (Å²) in [5, 5.41) is 10.1. The largest absolute Gasteiger partial charge is 0.392 e. The van der Waals surface area contributed by atoms with Crippen LogP contribution in [-0.2, 0) is 9.68 Å². The van der Waals surface area contributed by atoms with Crippen LogP contribution >= 0.6 is 0 Å². The maximum absolute atomic E-state index is 10.1. The predicted octanol–water partition coefficient (Wildman–Crippen LogP) is 0.180. The number of aliphatic hydroxyl groups is 1. The maximum atomic E-state index is 10.1. The smallest absolute Gasteiger partial charge is 0.0755 e. The SMILES string of the molecule is CC(C)(CON)C(O)C(C)(C)CON. The minimum Gasteiger partial charge on any atom is -0.392 e. The lowest BCUT2D eigenvalue weighted by Gasteiger charge is -2.39. The molecule has 0 radical (unpaired) electrons. The van der Waals surface area contributed by atoms with E-state index in [1.54, 1.807) is 0 Å². The van der Waals surface area contributed by atoms with Crippen LogP contribution in [0.4, 0.5) is 0 Å². The first-order chi connectivity index (χ1) is 6.28. The molecule has 0 heterocycles. The number of rotatable bonds is 6. The highest BCUT2D eigenvalue weighted by Crippen LogP contribution is 2.34. The van der Waals surface area contributed by atoms with E-state index in [0.717, 1.165) is 0 Å². The fraction of sp³-hybridized carbons (Fsp3) is 1.00. The Hall–Kier alpha value is -0.200. The molecule has 5 heteroatoms. The van der Waals surface area contributed by atoms with E-state index in [2.05, 4.69) is 9.68 Å². The third-order valence-corrected chi connectivity index (χ3v) is 2.39. The Morgan fingerprint density at radius 2 is 1.29 bits per heavy atom. The first kappa shape index (κ1) is 13.8. The molecule has 0 rings (SSSR count). The fourth-order valence-electron chi connectivity index (χ4n) is 1.65. The lowest BCUT2D eigenvalue weighted by atomic mass is 9.73. The van der Waals surface area contributed by atoms with Crippen LogP contribution in [0.1, 0.15) is 27.7 Å². The lowest BCUT2D eigenvalue weighted by molar-refractivity contribution is -0.106. The molecule has 0 bridgehead atoms. The average molecular weight is 206 g/mol. The van der Waals surface area contributed by atoms with Gasteiger partial charge in [0.1, 0.15) is 0 Å². The van der Waals surface area contributed by atoms with E-state index >= 15 is 0 Å². The summed E-state index contributed by atoms with van der Waals surface area (Å²) in [4.78, 5) is 9.14. The molecular weight excluding hydrogens is 184 g/mol. The third-order valence-electron chi connectivity index (χ3n) is 2.39. The van der Waals surface area contributed by atoms with Gasteiger partial charge in [-0.1, -0.05) is 27.7 Å². The van der Waals surface area contributed by atoms with Crippen molar-refractivity contribution in [1.29, 1.82) is 0 Å². The fourth-order valence-corrected chi connectivity index (χ4v) is 1.65. The maximum Gasteiger partial charge on any atom is 0.0755 e. The molecule has 0 saturated heterocycles. The van der Waals surface area contributed by atoms with E-state index in [1.807, 2.05) is 27.7 Å². The Bertz CT molecular complexity index is 153. The molecule has 0 fully saturated rings. The van der Waals surface area contributed by atoms with Gasteiger partial charge in [0.15, 0.2) is 0 Å². The molecule has 0 amide bonds. The standard InChI is InChI=1S/C9H22N2O3/c1-8(2,5-13-10)7(12)9(3,4)6-14-11/h7,12H,5-6,10-11H2,1-4H3. The first-order valence-electron chi connectivity index (χ1n) is 4.59. The van der Waals surface area contributed by atoms with Crippen molar-refractivity contribution in [1.82, 2.24) is 0 Å². The van der Waals surface area contributed by atoms with E-state index in [4.69, 9.17) is 11.8 Å². The molecular formula is C9H22N2O3. The van der Waals surface area contributed by atoms with Gasteiger partial charge in [-0.2, -0.15) is 0 Å². The number of aliphatic hydroxyl groups excluding tert-OH is 1. The zero-order valence-electron chi connectivity index (χ0n) is 9.41. The molecule has 0 aliphatic carbocycles. The summed E-state index contributed by atoms with van der Waals surface area (Å²) in [6, 6.07) is 0. The highest BCUT2D eigenvalue weighted by molar-refractivity contribution is 4.88. The summed E-state index contributed by atoms with van der Waals surface area (Å²) >= 11 is 0. The molecule has 0 atom stereocenters. The Morgan fingerprint density at radius 1 is 1.00 bits per heavy atom. The van der Waals surface area contributed by atoms with Gasteiger partial charge < -0.3 is 14.8 Å². The number of hydrogen-bond donors (Lipinski definition) is 3. The van der Waals surface area contributed by atoms with E-state index < -0.39 is 16.9 Å². The van der Waals surface area contributed by atoms with Crippen molar-refractivity contribution in [2.24, 2.45) is 22.6 Å². The van der Waals surface area contributed by atoms with Gasteiger partial charge in [-0.05, 0) is 0 Å². The van der Waals surface area contributed by atoms with Gasteiger partial charge in [0.2, 0.25) is 0 Å². The second kappa shape index (κ2) is 5.04. The van der Waals surface area contributed by atoms with Gasteiger partial charge in [-0.3, -0.25) is 0 Å². The minimum atomic E-state index is -0.609. The molecule has 0 aliphatic heterocycles. The third kappa shape index (κ3) is 3.51. The van der Waals surface area contributed by atoms with Gasteiger partial charge in [-0.25, -0.2) is 11.8 Å². The van der Waals surface area contributed by atoms with E-state index in [1.165, 1.54) is 0 Å². The average Bonchev–Trinajstić information content (AvgIpc) is 2.02. The monoisotopic (exact) mass is 206 g/mol. The topological polar surface area (TPSA) is 90.7 Å². The van der Waals surface area contributed by atoms with Crippen molar-refractivity contribution in [2.45, 2.75) is 33.8 Å². The highest BCUT2D eigenvalue weighted by atomic mass is 16.6. The first-order valence-corrected chi connectivity index (χ1v) is 4.59. The summed E-state index contributed by atoms with van der Waals surface area (Å²) in [5.74, 6) is 10.0. The minimum absolute atomic E-state index is 0.280. The summed E-state index contributed by atoms with van der Waals surface area (Å²) < 4.78 is 0. The Balaban J connectivity index is 4.49. The van der Waals surface area contributed by atoms with Gasteiger partial charge in [0.05, 0.1) is 19.3 Å². The second-order valence-corrected chi connectivity index (χ2v) is 5.00. The van der Waals surface area contributed by atoms with E-state index in [0.29, 0.717) is 0 Å². The van der Waals surface area contributed by atoms with Crippen LogP contribution in [0.2, 0.25) is 0 Å². The second-order valence-electron chi connectivity index (χ2n) is 5.00. The zero-order valence-corrected chi connectivity index (χ0v) is 9.41. The molecule has 0 spiro atoms. The van der Waals surface area contributed by atoms with Gasteiger partial charge >= 0.3 is 0 Å². The molecule has 5 nitrogen and oxygen atoms in total. The van der Waals surface area contributed by atoms with Crippen molar-refractivity contribution in [2.75, 3.05) is 13.2 Å². The molecule has 0 saturated carbocycles. The summed E-state index contributed by atoms with van der Waals surface area (Å²) in [6.07, 6.45) is -0.609. The number of nitrogens with two attached hydrogens (primary N) is 2. The molecule has 0 unspecified atom stereocenters. The summed E-state index contributed by atoms with van der Waals surface area (Å²) in [5.41, 5.74) is -0.868. The van der Waals surface area contributed by atoms with E-state index in [-0.39, 0.29) is 13.2 Å². The van der Waals surface area contributed by atoms with Crippen molar-refractivity contribution in [3.05, 3.63) is 0 Å². The van der Waals surface area contributed by atoms with Crippen LogP contribution < -0.4 is 11.8 Å². The molecule has 86 valence electrons. The van der Waals surface area contributed by atoms with Crippen LogP contribution in [0.25, 0.3) is 0 Å². The Morgan fingerprint density at radius 3 is 1.50 bits per heavy atom. The molecule has 5 N–H and O–H groups in total. The van der Waals surface area contributed by atoms with Crippen LogP contribution in [0.5, 0.6) is 0 Å². The zero-order chi connectivity index (χ0) is 11.4. The lowest BCUT2D eigenvalue weighted by Crippen LogP contribution is -2.47. The normalized spacial score (nSPS) is 13.7.